The number of ether oxygens (including phenoxy) is 3. The third-order valence-electron chi connectivity index (χ3n) is 7.83. The van der Waals surface area contributed by atoms with Gasteiger partial charge in [-0.05, 0) is 75.2 Å². The first-order valence-electron chi connectivity index (χ1n) is 16.1. The fourth-order valence-electron chi connectivity index (χ4n) is 5.33. The van der Waals surface area contributed by atoms with Gasteiger partial charge >= 0.3 is 0 Å². The Kier molecular flexibility index (Phi) is 12.7. The van der Waals surface area contributed by atoms with Gasteiger partial charge in [-0.15, -0.1) is 0 Å². The Morgan fingerprint density at radius 1 is 0.816 bits per heavy atom. The average molecular weight is 688 g/mol. The molecule has 0 saturated heterocycles. The number of carbonyl (C=O) groups is 2. The highest BCUT2D eigenvalue weighted by atomic mass is 32.2. The Bertz CT molecular complexity index is 1800. The van der Waals surface area contributed by atoms with Gasteiger partial charge in [0.1, 0.15) is 18.3 Å². The lowest BCUT2D eigenvalue weighted by Crippen LogP contribution is -2.54. The maximum absolute atomic E-state index is 14.7. The molecule has 2 amide bonds. The summed E-state index contributed by atoms with van der Waals surface area (Å²) in [6.45, 7) is 7.45. The lowest BCUT2D eigenvalue weighted by Gasteiger charge is -2.34. The van der Waals surface area contributed by atoms with Crippen LogP contribution in [0.5, 0.6) is 17.2 Å². The normalized spacial score (nSPS) is 11.8. The summed E-state index contributed by atoms with van der Waals surface area (Å²) >= 11 is 0. The topological polar surface area (TPSA) is 114 Å². The smallest absolute Gasteiger partial charge is 0.264 e. The van der Waals surface area contributed by atoms with Gasteiger partial charge in [0.25, 0.3) is 10.0 Å². The molecule has 0 saturated carbocycles. The number of hydrogen-bond acceptors (Lipinski definition) is 7. The molecule has 0 aliphatic heterocycles. The molecule has 4 rings (SSSR count). The molecule has 0 aliphatic rings. The molecule has 0 aliphatic carbocycles. The van der Waals surface area contributed by atoms with Gasteiger partial charge in [-0.2, -0.15) is 0 Å². The van der Waals surface area contributed by atoms with Crippen molar-refractivity contribution < 1.29 is 32.2 Å². The minimum atomic E-state index is -4.36. The van der Waals surface area contributed by atoms with Gasteiger partial charge in [0, 0.05) is 25.1 Å². The van der Waals surface area contributed by atoms with Crippen molar-refractivity contribution in [2.45, 2.75) is 57.6 Å². The molecule has 10 nitrogen and oxygen atoms in total. The summed E-state index contributed by atoms with van der Waals surface area (Å²) in [6, 6.07) is 26.7. The maximum Gasteiger partial charge on any atom is 0.264 e. The number of nitrogens with one attached hydrogen (secondary N) is 1. The number of anilines is 1. The van der Waals surface area contributed by atoms with Crippen molar-refractivity contribution in [2.75, 3.05) is 31.7 Å². The number of benzene rings is 4. The number of rotatable bonds is 16. The molecule has 0 aromatic heterocycles. The molecule has 0 radical (unpaired) electrons. The van der Waals surface area contributed by atoms with Crippen molar-refractivity contribution in [2.24, 2.45) is 0 Å². The number of hydrogen-bond donors (Lipinski definition) is 1. The maximum atomic E-state index is 14.7. The lowest BCUT2D eigenvalue weighted by atomic mass is 10.0. The van der Waals surface area contributed by atoms with E-state index in [4.69, 9.17) is 14.2 Å². The summed E-state index contributed by atoms with van der Waals surface area (Å²) in [5.74, 6) is 0.230. The first kappa shape index (κ1) is 36.8. The van der Waals surface area contributed by atoms with Crippen LogP contribution >= 0.6 is 0 Å². The number of carbonyl (C=O) groups excluding carboxylic acids is 2. The van der Waals surface area contributed by atoms with Gasteiger partial charge in [0.15, 0.2) is 11.5 Å². The summed E-state index contributed by atoms with van der Waals surface area (Å²) in [7, 11) is -1.48. The van der Waals surface area contributed by atoms with Gasteiger partial charge in [0.05, 0.1) is 31.4 Å². The van der Waals surface area contributed by atoms with Crippen LogP contribution in [-0.2, 0) is 32.6 Å². The van der Waals surface area contributed by atoms with E-state index >= 15 is 0 Å². The highest BCUT2D eigenvalue weighted by molar-refractivity contribution is 7.92. The molecular weight excluding hydrogens is 642 g/mol. The number of sulfonamides is 1. The van der Waals surface area contributed by atoms with Crippen molar-refractivity contribution >= 4 is 27.5 Å². The largest absolute Gasteiger partial charge is 0.494 e. The quantitative estimate of drug-likeness (QED) is 0.159. The van der Waals surface area contributed by atoms with E-state index in [0.717, 1.165) is 21.0 Å². The summed E-state index contributed by atoms with van der Waals surface area (Å²) in [6.07, 6.45) is 0.225. The van der Waals surface area contributed by atoms with Crippen molar-refractivity contribution in [3.63, 3.8) is 0 Å². The molecule has 0 heterocycles. The summed E-state index contributed by atoms with van der Waals surface area (Å²) in [4.78, 5) is 29.9. The van der Waals surface area contributed by atoms with Gasteiger partial charge in [-0.1, -0.05) is 60.2 Å². The van der Waals surface area contributed by atoms with E-state index in [1.54, 1.807) is 24.3 Å². The van der Waals surface area contributed by atoms with Gasteiger partial charge in [0.2, 0.25) is 11.8 Å². The molecule has 1 atom stereocenters. The molecule has 0 unspecified atom stereocenters. The Morgan fingerprint density at radius 3 is 2.06 bits per heavy atom. The third-order valence-corrected chi connectivity index (χ3v) is 9.60. The Morgan fingerprint density at radius 2 is 1.47 bits per heavy atom. The predicted molar refractivity (Wildman–Crippen MR) is 191 cm³/mol. The highest BCUT2D eigenvalue weighted by Gasteiger charge is 2.35. The van der Waals surface area contributed by atoms with Crippen molar-refractivity contribution in [3.8, 4) is 17.2 Å². The second kappa shape index (κ2) is 16.9. The molecule has 260 valence electrons. The van der Waals surface area contributed by atoms with Crippen LogP contribution in [0.15, 0.2) is 102 Å². The van der Waals surface area contributed by atoms with E-state index in [-0.39, 0.29) is 41.2 Å². The molecule has 11 heteroatoms. The zero-order valence-electron chi connectivity index (χ0n) is 28.9. The standard InChI is InChI=1S/C38H45N3O7S/c1-7-48-32-19-17-31(18-20-32)41(49(44,45)33-21-22-35(46-5)36(24-33)47-6)26-37(42)40(25-30-15-13-28(4)14-16-30)34(38(43)39-27(2)3)23-29-11-9-8-10-12-29/h8-22,24,27,34H,7,23,25-26H2,1-6H3,(H,39,43)/t34-/m0/s1. The molecule has 49 heavy (non-hydrogen) atoms. The molecule has 4 aromatic rings. The number of nitrogens with zero attached hydrogens (tertiary/aromatic N) is 2. The van der Waals surface area contributed by atoms with Gasteiger partial charge < -0.3 is 24.4 Å². The minimum Gasteiger partial charge on any atom is -0.494 e. The Hall–Kier alpha value is -5.03. The molecule has 0 fully saturated rings. The molecule has 1 N–H and O–H groups in total. The van der Waals surface area contributed by atoms with E-state index in [0.29, 0.717) is 18.1 Å². The van der Waals surface area contributed by atoms with E-state index in [1.807, 2.05) is 82.3 Å². The van der Waals surface area contributed by atoms with Crippen LogP contribution in [0.4, 0.5) is 5.69 Å². The summed E-state index contributed by atoms with van der Waals surface area (Å²) < 4.78 is 46.3. The third kappa shape index (κ3) is 9.54. The zero-order valence-corrected chi connectivity index (χ0v) is 29.7. The van der Waals surface area contributed by atoms with Crippen LogP contribution in [0, 0.1) is 6.92 Å². The van der Waals surface area contributed by atoms with Crippen LogP contribution in [0.1, 0.15) is 37.5 Å². The molecular formula is C38H45N3O7S. The van der Waals surface area contributed by atoms with Crippen molar-refractivity contribution in [1.82, 2.24) is 10.2 Å². The van der Waals surface area contributed by atoms with Crippen LogP contribution in [0.2, 0.25) is 0 Å². The number of amides is 2. The minimum absolute atomic E-state index is 0.0790. The summed E-state index contributed by atoms with van der Waals surface area (Å²) in [5.41, 5.74) is 2.94. The van der Waals surface area contributed by atoms with E-state index < -0.39 is 28.5 Å². The lowest BCUT2D eigenvalue weighted by molar-refractivity contribution is -0.140. The van der Waals surface area contributed by atoms with Crippen LogP contribution in [0.3, 0.4) is 0 Å². The van der Waals surface area contributed by atoms with E-state index in [2.05, 4.69) is 5.32 Å². The Balaban J connectivity index is 1.83. The van der Waals surface area contributed by atoms with Crippen molar-refractivity contribution in [1.29, 1.82) is 0 Å². The van der Waals surface area contributed by atoms with Crippen LogP contribution in [-0.4, -0.2) is 64.6 Å². The number of aryl methyl sites for hydroxylation is 1. The monoisotopic (exact) mass is 687 g/mol. The van der Waals surface area contributed by atoms with E-state index in [1.165, 1.54) is 37.3 Å². The second-order valence-corrected chi connectivity index (χ2v) is 13.7. The van der Waals surface area contributed by atoms with Crippen LogP contribution in [0.25, 0.3) is 0 Å². The predicted octanol–water partition coefficient (Wildman–Crippen LogP) is 5.77. The molecule has 4 aromatic carbocycles. The average Bonchev–Trinajstić information content (AvgIpc) is 3.09. The first-order chi connectivity index (χ1) is 23.5. The highest BCUT2D eigenvalue weighted by Crippen LogP contribution is 2.33. The SMILES string of the molecule is CCOc1ccc(N(CC(=O)N(Cc2ccc(C)cc2)[C@@H](Cc2ccccc2)C(=O)NC(C)C)S(=O)(=O)c2ccc(OC)c(OC)c2)cc1. The van der Waals surface area contributed by atoms with Crippen molar-refractivity contribution in [3.05, 3.63) is 114 Å². The zero-order chi connectivity index (χ0) is 35.6. The Labute approximate surface area is 289 Å². The van der Waals surface area contributed by atoms with Crippen LogP contribution < -0.4 is 23.8 Å². The fraction of sp³-hybridized carbons (Fsp3) is 0.316. The second-order valence-electron chi connectivity index (χ2n) is 11.8. The first-order valence-corrected chi connectivity index (χ1v) is 17.6. The molecule has 0 bridgehead atoms. The number of methoxy groups -OCH3 is 2. The molecule has 0 spiro atoms. The van der Waals surface area contributed by atoms with Gasteiger partial charge in [-0.3, -0.25) is 13.9 Å². The summed E-state index contributed by atoms with van der Waals surface area (Å²) in [5, 5.41) is 2.97. The van der Waals surface area contributed by atoms with Gasteiger partial charge in [-0.25, -0.2) is 8.42 Å². The fourth-order valence-corrected chi connectivity index (χ4v) is 6.76. The van der Waals surface area contributed by atoms with E-state index in [9.17, 15) is 18.0 Å².